The normalized spacial score (nSPS) is 18.2. The molecule has 3 aliphatic rings. The molecule has 0 bridgehead atoms. The first-order valence-corrected chi connectivity index (χ1v) is 22.0. The minimum atomic E-state index is -0.853. The van der Waals surface area contributed by atoms with Crippen molar-refractivity contribution in [3.63, 3.8) is 0 Å². The Labute approximate surface area is 368 Å². The van der Waals surface area contributed by atoms with Gasteiger partial charge >= 0.3 is 12.2 Å². The predicted octanol–water partition coefficient (Wildman–Crippen LogP) is 9.00. The Morgan fingerprint density at radius 3 is 2.02 bits per heavy atom. The number of aromatic nitrogens is 2. The van der Waals surface area contributed by atoms with Crippen molar-refractivity contribution in [1.29, 1.82) is 0 Å². The maximum absolute atomic E-state index is 14.0. The molecule has 13 nitrogen and oxygen atoms in total. The summed E-state index contributed by atoms with van der Waals surface area (Å²) in [6.07, 6.45) is 7.98. The molecule has 3 aliphatic heterocycles. The second kappa shape index (κ2) is 19.1. The van der Waals surface area contributed by atoms with Gasteiger partial charge in [-0.3, -0.25) is 14.6 Å². The van der Waals surface area contributed by atoms with E-state index in [0.29, 0.717) is 25.1 Å². The van der Waals surface area contributed by atoms with Crippen LogP contribution in [0.1, 0.15) is 87.8 Å². The summed E-state index contributed by atoms with van der Waals surface area (Å²) in [5.41, 5.74) is 7.93. The standard InChI is InChI=1S/C50H55N7O6/c1-5-31(6-2)44(54-49(60)62-3)47(58)57-25-11-15-43(57)46-52-30-41(53-46)38-23-22-36-26-35(20-21-37(36)27-38)32-16-18-33(19-17-32)39-28-40(51-29-39)42-14-10-24-56(42)48(59)45(55-50(61)63-4)34-12-8-7-9-13-34/h7-9,12-13,16-23,26-27,29-31,42-45H,5-6,10-11,14-15,24-25,28H2,1-4H3,(H,52,53)(H,54,60)(H,55,61)/t42-,43-,44-,45+/m0/s1. The van der Waals surface area contributed by atoms with Gasteiger partial charge in [0.15, 0.2) is 0 Å². The van der Waals surface area contributed by atoms with Crippen LogP contribution >= 0.6 is 0 Å². The highest BCUT2D eigenvalue weighted by molar-refractivity contribution is 6.04. The van der Waals surface area contributed by atoms with E-state index in [9.17, 15) is 19.2 Å². The van der Waals surface area contributed by atoms with Crippen LogP contribution in [0.25, 0.3) is 38.7 Å². The number of methoxy groups -OCH3 is 2. The molecule has 0 aliphatic carbocycles. The lowest BCUT2D eigenvalue weighted by Gasteiger charge is -2.31. The summed E-state index contributed by atoms with van der Waals surface area (Å²) in [6, 6.07) is 28.8. The van der Waals surface area contributed by atoms with E-state index in [-0.39, 0.29) is 29.8 Å². The van der Waals surface area contributed by atoms with Gasteiger partial charge in [-0.2, -0.15) is 0 Å². The van der Waals surface area contributed by atoms with Gasteiger partial charge in [0.2, 0.25) is 11.8 Å². The average Bonchev–Trinajstić information content (AvgIpc) is 4.18. The SMILES string of the molecule is CCC(CC)[C@H](NC(=O)OC)C(=O)N1CCC[C@H]1c1ncc(-c2ccc3cc(-c4ccc(C5=CN=C([C@@H]6CCCN6C(=O)[C@H](NC(=O)OC)c6ccccc6)C5)cc4)ccc3c2)[nH]1. The summed E-state index contributed by atoms with van der Waals surface area (Å²) in [5, 5.41) is 7.76. The Kier molecular flexibility index (Phi) is 13.0. The molecule has 5 aromatic rings. The van der Waals surface area contributed by atoms with Crippen LogP contribution in [0.5, 0.6) is 0 Å². The zero-order valence-corrected chi connectivity index (χ0v) is 36.3. The number of aliphatic imine (C=N–C) groups is 1. The Morgan fingerprint density at radius 1 is 0.730 bits per heavy atom. The number of nitrogens with one attached hydrogen (secondary N) is 3. The summed E-state index contributed by atoms with van der Waals surface area (Å²) in [7, 11) is 2.61. The minimum Gasteiger partial charge on any atom is -0.453 e. The van der Waals surface area contributed by atoms with Gasteiger partial charge in [0.1, 0.15) is 17.9 Å². The van der Waals surface area contributed by atoms with Crippen molar-refractivity contribution in [3.8, 4) is 22.4 Å². The van der Waals surface area contributed by atoms with Crippen LogP contribution < -0.4 is 10.6 Å². The number of amides is 4. The molecule has 8 rings (SSSR count). The Bertz CT molecular complexity index is 2530. The molecule has 4 amide bonds. The smallest absolute Gasteiger partial charge is 0.407 e. The molecule has 2 fully saturated rings. The van der Waals surface area contributed by atoms with E-state index in [1.165, 1.54) is 14.2 Å². The summed E-state index contributed by atoms with van der Waals surface area (Å²) in [4.78, 5) is 69.2. The van der Waals surface area contributed by atoms with Crippen LogP contribution in [-0.4, -0.2) is 88.9 Å². The molecule has 0 unspecified atom stereocenters. The quantitative estimate of drug-likeness (QED) is 0.107. The number of carbonyl (C=O) groups excluding carboxylic acids is 4. The number of benzene rings is 4. The molecule has 0 radical (unpaired) electrons. The van der Waals surface area contributed by atoms with E-state index in [0.717, 1.165) is 94.4 Å². The largest absolute Gasteiger partial charge is 0.453 e. The third-order valence-electron chi connectivity index (χ3n) is 12.9. The molecule has 63 heavy (non-hydrogen) atoms. The van der Waals surface area contributed by atoms with Gasteiger partial charge in [-0.15, -0.1) is 0 Å². The number of hydrogen-bond donors (Lipinski definition) is 3. The molecule has 326 valence electrons. The van der Waals surface area contributed by atoms with E-state index in [2.05, 4.69) is 76.3 Å². The number of likely N-dealkylation sites (tertiary alicyclic amines) is 2. The van der Waals surface area contributed by atoms with Crippen molar-refractivity contribution in [2.75, 3.05) is 27.3 Å². The first-order valence-electron chi connectivity index (χ1n) is 22.0. The average molecular weight is 850 g/mol. The Morgan fingerprint density at radius 2 is 1.33 bits per heavy atom. The van der Waals surface area contributed by atoms with Crippen molar-refractivity contribution < 1.29 is 28.7 Å². The highest BCUT2D eigenvalue weighted by atomic mass is 16.5. The van der Waals surface area contributed by atoms with Gasteiger partial charge in [-0.25, -0.2) is 14.6 Å². The second-order valence-electron chi connectivity index (χ2n) is 16.5. The van der Waals surface area contributed by atoms with E-state index < -0.39 is 24.3 Å². The van der Waals surface area contributed by atoms with E-state index >= 15 is 0 Å². The lowest BCUT2D eigenvalue weighted by atomic mass is 9.93. The zero-order chi connectivity index (χ0) is 44.0. The number of fused-ring (bicyclic) bond motifs is 1. The number of ether oxygens (including phenoxy) is 2. The number of nitrogens with zero attached hydrogens (tertiary/aromatic N) is 4. The van der Waals surface area contributed by atoms with Crippen LogP contribution in [0.15, 0.2) is 108 Å². The van der Waals surface area contributed by atoms with Gasteiger partial charge in [-0.05, 0) is 82.3 Å². The first kappa shape index (κ1) is 42.9. The third-order valence-corrected chi connectivity index (χ3v) is 12.9. The number of allylic oxidation sites excluding steroid dienone is 1. The third kappa shape index (κ3) is 9.09. The maximum atomic E-state index is 14.0. The molecule has 4 aromatic carbocycles. The molecular formula is C50H55N7O6. The molecule has 2 saturated heterocycles. The molecular weight excluding hydrogens is 795 g/mol. The van der Waals surface area contributed by atoms with Gasteiger partial charge in [0, 0.05) is 37.0 Å². The van der Waals surface area contributed by atoms with Crippen molar-refractivity contribution in [2.45, 2.75) is 83.0 Å². The first-order chi connectivity index (χ1) is 30.7. The van der Waals surface area contributed by atoms with Crippen LogP contribution in [0.3, 0.4) is 0 Å². The number of H-pyrrole nitrogens is 1. The number of aromatic amines is 1. The van der Waals surface area contributed by atoms with Crippen LogP contribution in [0, 0.1) is 5.92 Å². The van der Waals surface area contributed by atoms with Crippen molar-refractivity contribution >= 4 is 46.1 Å². The molecule has 0 spiro atoms. The fourth-order valence-electron chi connectivity index (χ4n) is 9.42. The van der Waals surface area contributed by atoms with Crippen molar-refractivity contribution in [2.24, 2.45) is 10.9 Å². The Balaban J connectivity index is 0.916. The zero-order valence-electron chi connectivity index (χ0n) is 36.3. The molecule has 3 N–H and O–H groups in total. The Hall–Kier alpha value is -6.76. The van der Waals surface area contributed by atoms with Gasteiger partial charge in [0.25, 0.3) is 0 Å². The molecule has 4 atom stereocenters. The lowest BCUT2D eigenvalue weighted by molar-refractivity contribution is -0.136. The predicted molar refractivity (Wildman–Crippen MR) is 244 cm³/mol. The van der Waals surface area contributed by atoms with Crippen LogP contribution in [0.4, 0.5) is 9.59 Å². The summed E-state index contributed by atoms with van der Waals surface area (Å²) in [6.45, 7) is 5.27. The van der Waals surface area contributed by atoms with Crippen molar-refractivity contribution in [3.05, 3.63) is 120 Å². The highest BCUT2D eigenvalue weighted by Crippen LogP contribution is 2.36. The topological polar surface area (TPSA) is 158 Å². The minimum absolute atomic E-state index is 0.00367. The number of hydrogen-bond acceptors (Lipinski definition) is 8. The number of rotatable bonds is 13. The van der Waals surface area contributed by atoms with Gasteiger partial charge in [-0.1, -0.05) is 106 Å². The lowest BCUT2D eigenvalue weighted by Crippen LogP contribution is -2.52. The summed E-state index contributed by atoms with van der Waals surface area (Å²) >= 11 is 0. The molecule has 4 heterocycles. The van der Waals surface area contributed by atoms with E-state index in [4.69, 9.17) is 19.5 Å². The maximum Gasteiger partial charge on any atom is 0.407 e. The number of carbonyl (C=O) groups is 4. The summed E-state index contributed by atoms with van der Waals surface area (Å²) < 4.78 is 9.71. The fourth-order valence-corrected chi connectivity index (χ4v) is 9.42. The molecule has 0 saturated carbocycles. The molecule has 1 aromatic heterocycles. The van der Waals surface area contributed by atoms with Crippen LogP contribution in [0.2, 0.25) is 0 Å². The monoisotopic (exact) mass is 849 g/mol. The van der Waals surface area contributed by atoms with Gasteiger partial charge < -0.3 is 34.9 Å². The summed E-state index contributed by atoms with van der Waals surface area (Å²) in [5.74, 6) is 0.466. The van der Waals surface area contributed by atoms with Crippen molar-refractivity contribution in [1.82, 2.24) is 30.4 Å². The highest BCUT2D eigenvalue weighted by Gasteiger charge is 2.40. The van der Waals surface area contributed by atoms with Gasteiger partial charge in [0.05, 0.1) is 38.2 Å². The van der Waals surface area contributed by atoms with E-state index in [1.807, 2.05) is 66.4 Å². The van der Waals surface area contributed by atoms with Crippen LogP contribution in [-0.2, 0) is 19.1 Å². The number of imidazole rings is 1. The number of alkyl carbamates (subject to hydrolysis) is 2. The van der Waals surface area contributed by atoms with E-state index in [1.54, 1.807) is 0 Å². The fraction of sp³-hybridized carbons (Fsp3) is 0.360. The molecule has 13 heteroatoms. The second-order valence-corrected chi connectivity index (χ2v) is 16.5.